The summed E-state index contributed by atoms with van der Waals surface area (Å²) >= 11 is 5.81. The van der Waals surface area contributed by atoms with Crippen LogP contribution in [0.25, 0.3) is 0 Å². The molecule has 0 unspecified atom stereocenters. The number of hydrogen-bond donors (Lipinski definition) is 1. The van der Waals surface area contributed by atoms with Gasteiger partial charge < -0.3 is 15.2 Å². The number of rotatable bonds is 3. The minimum atomic E-state index is -4.74. The molecule has 2 aromatic rings. The van der Waals surface area contributed by atoms with E-state index in [9.17, 15) is 13.2 Å². The molecule has 5 nitrogen and oxygen atoms in total. The summed E-state index contributed by atoms with van der Waals surface area (Å²) in [6.45, 7) is 0. The van der Waals surface area contributed by atoms with Crippen molar-refractivity contribution in [2.45, 2.75) is 6.36 Å². The van der Waals surface area contributed by atoms with Gasteiger partial charge in [0.25, 0.3) is 0 Å². The van der Waals surface area contributed by atoms with E-state index in [-0.39, 0.29) is 28.2 Å². The average Bonchev–Trinajstić information content (AvgIpc) is 2.35. The van der Waals surface area contributed by atoms with Gasteiger partial charge in [0.15, 0.2) is 0 Å². The van der Waals surface area contributed by atoms with Gasteiger partial charge in [0.05, 0.1) is 0 Å². The molecule has 0 amide bonds. The van der Waals surface area contributed by atoms with Crippen LogP contribution in [0.3, 0.4) is 0 Å². The standard InChI is InChI=1S/C11H7ClF3N3O2/c12-8-9(16)17-5-18-10(8)19-6-1-3-7(4-2-6)20-11(13,14)15/h1-5H,(H2,16,17,18). The van der Waals surface area contributed by atoms with Crippen molar-refractivity contribution >= 4 is 17.4 Å². The summed E-state index contributed by atoms with van der Waals surface area (Å²) in [5, 5.41) is 0.0168. The third-order valence-corrected chi connectivity index (χ3v) is 2.41. The quantitative estimate of drug-likeness (QED) is 0.941. The molecule has 0 bridgehead atoms. The molecule has 0 saturated carbocycles. The Morgan fingerprint density at radius 1 is 1.05 bits per heavy atom. The van der Waals surface area contributed by atoms with E-state index in [1.165, 1.54) is 12.1 Å². The van der Waals surface area contributed by atoms with Crippen LogP contribution >= 0.6 is 11.6 Å². The molecule has 0 aliphatic rings. The lowest BCUT2D eigenvalue weighted by Crippen LogP contribution is -2.16. The number of alkyl halides is 3. The molecular formula is C11H7ClF3N3O2. The van der Waals surface area contributed by atoms with Gasteiger partial charge in [-0.05, 0) is 24.3 Å². The highest BCUT2D eigenvalue weighted by atomic mass is 35.5. The van der Waals surface area contributed by atoms with E-state index in [2.05, 4.69) is 14.7 Å². The molecule has 0 atom stereocenters. The molecule has 1 aromatic carbocycles. The second-order valence-corrected chi connectivity index (χ2v) is 3.88. The second kappa shape index (κ2) is 5.41. The monoisotopic (exact) mass is 305 g/mol. The predicted molar refractivity (Wildman–Crippen MR) is 64.7 cm³/mol. The Balaban J connectivity index is 2.13. The molecule has 1 aromatic heterocycles. The molecule has 0 aliphatic carbocycles. The fraction of sp³-hybridized carbons (Fsp3) is 0.0909. The highest BCUT2D eigenvalue weighted by Crippen LogP contribution is 2.31. The summed E-state index contributed by atoms with van der Waals surface area (Å²) in [7, 11) is 0. The predicted octanol–water partition coefficient (Wildman–Crippen LogP) is 3.40. The lowest BCUT2D eigenvalue weighted by atomic mass is 10.3. The van der Waals surface area contributed by atoms with E-state index >= 15 is 0 Å². The first-order valence-electron chi connectivity index (χ1n) is 5.15. The molecule has 106 valence electrons. The van der Waals surface area contributed by atoms with Crippen LogP contribution in [-0.4, -0.2) is 16.3 Å². The van der Waals surface area contributed by atoms with E-state index in [4.69, 9.17) is 22.1 Å². The van der Waals surface area contributed by atoms with Gasteiger partial charge in [0.1, 0.15) is 28.7 Å². The average molecular weight is 306 g/mol. The SMILES string of the molecule is Nc1ncnc(Oc2ccc(OC(F)(F)F)cc2)c1Cl. The van der Waals surface area contributed by atoms with Crippen molar-refractivity contribution in [1.29, 1.82) is 0 Å². The van der Waals surface area contributed by atoms with Crippen LogP contribution in [0.15, 0.2) is 30.6 Å². The number of halogens is 4. The number of nitrogen functional groups attached to an aromatic ring is 1. The van der Waals surface area contributed by atoms with Gasteiger partial charge in [-0.15, -0.1) is 13.2 Å². The Morgan fingerprint density at radius 3 is 2.25 bits per heavy atom. The van der Waals surface area contributed by atoms with E-state index in [0.717, 1.165) is 18.5 Å². The van der Waals surface area contributed by atoms with Crippen LogP contribution in [-0.2, 0) is 0 Å². The zero-order chi connectivity index (χ0) is 14.8. The Morgan fingerprint density at radius 2 is 1.65 bits per heavy atom. The molecule has 9 heteroatoms. The molecule has 0 radical (unpaired) electrons. The third kappa shape index (κ3) is 3.64. The fourth-order valence-corrected chi connectivity index (χ4v) is 1.39. The molecule has 2 N–H and O–H groups in total. The topological polar surface area (TPSA) is 70.3 Å². The maximum absolute atomic E-state index is 12.0. The van der Waals surface area contributed by atoms with E-state index in [1.54, 1.807) is 0 Å². The number of hydrogen-bond acceptors (Lipinski definition) is 5. The molecule has 1 heterocycles. The van der Waals surface area contributed by atoms with Gasteiger partial charge in [-0.3, -0.25) is 0 Å². The van der Waals surface area contributed by atoms with Gasteiger partial charge in [0.2, 0.25) is 5.88 Å². The smallest absolute Gasteiger partial charge is 0.437 e. The van der Waals surface area contributed by atoms with Crippen molar-refractivity contribution in [3.8, 4) is 17.4 Å². The van der Waals surface area contributed by atoms with Crippen molar-refractivity contribution in [2.75, 3.05) is 5.73 Å². The first kappa shape index (κ1) is 14.2. The minimum Gasteiger partial charge on any atom is -0.437 e. The van der Waals surface area contributed by atoms with Crippen molar-refractivity contribution in [3.63, 3.8) is 0 Å². The fourth-order valence-electron chi connectivity index (χ4n) is 1.26. The van der Waals surface area contributed by atoms with E-state index < -0.39 is 6.36 Å². The highest BCUT2D eigenvalue weighted by molar-refractivity contribution is 6.34. The van der Waals surface area contributed by atoms with Gasteiger partial charge in [-0.2, -0.15) is 4.98 Å². The summed E-state index contributed by atoms with van der Waals surface area (Å²) in [4.78, 5) is 7.40. The van der Waals surface area contributed by atoms with Crippen molar-refractivity contribution in [2.24, 2.45) is 0 Å². The summed E-state index contributed by atoms with van der Waals surface area (Å²) in [6, 6.07) is 4.74. The minimum absolute atomic E-state index is 0.00339. The zero-order valence-corrected chi connectivity index (χ0v) is 10.4. The molecule has 0 saturated heterocycles. The van der Waals surface area contributed by atoms with Crippen LogP contribution in [0, 0.1) is 0 Å². The van der Waals surface area contributed by atoms with Crippen LogP contribution in [0.1, 0.15) is 0 Å². The number of nitrogens with two attached hydrogens (primary N) is 1. The third-order valence-electron chi connectivity index (χ3n) is 2.06. The molecule has 20 heavy (non-hydrogen) atoms. The maximum atomic E-state index is 12.0. The van der Waals surface area contributed by atoms with Gasteiger partial charge in [-0.25, -0.2) is 4.98 Å². The summed E-state index contributed by atoms with van der Waals surface area (Å²) in [5.74, 6) is -0.102. The van der Waals surface area contributed by atoms with E-state index in [1.807, 2.05) is 0 Å². The molecule has 0 spiro atoms. The van der Waals surface area contributed by atoms with E-state index in [0.29, 0.717) is 0 Å². The van der Waals surface area contributed by atoms with Crippen molar-refractivity contribution in [1.82, 2.24) is 9.97 Å². The Labute approximate surface area is 116 Å². The maximum Gasteiger partial charge on any atom is 0.573 e. The van der Waals surface area contributed by atoms with Crippen LogP contribution in [0.4, 0.5) is 19.0 Å². The Kier molecular flexibility index (Phi) is 3.84. The Hall–Kier alpha value is -2.22. The lowest BCUT2D eigenvalue weighted by molar-refractivity contribution is -0.274. The first-order valence-corrected chi connectivity index (χ1v) is 5.52. The normalized spacial score (nSPS) is 11.2. The summed E-state index contributed by atoms with van der Waals surface area (Å²) < 4.78 is 45.0. The van der Waals surface area contributed by atoms with Gasteiger partial charge in [0, 0.05) is 0 Å². The molecule has 0 aliphatic heterocycles. The van der Waals surface area contributed by atoms with Crippen LogP contribution in [0.5, 0.6) is 17.4 Å². The highest BCUT2D eigenvalue weighted by Gasteiger charge is 2.31. The number of benzene rings is 1. The number of anilines is 1. The number of aromatic nitrogens is 2. The zero-order valence-electron chi connectivity index (χ0n) is 9.69. The first-order chi connectivity index (χ1) is 9.35. The van der Waals surface area contributed by atoms with Gasteiger partial charge in [-0.1, -0.05) is 11.6 Å². The lowest BCUT2D eigenvalue weighted by Gasteiger charge is -2.10. The summed E-state index contributed by atoms with van der Waals surface area (Å²) in [6.07, 6.45) is -3.59. The number of nitrogens with zero attached hydrogens (tertiary/aromatic N) is 2. The molecule has 0 fully saturated rings. The molecular weight excluding hydrogens is 299 g/mol. The summed E-state index contributed by atoms with van der Waals surface area (Å²) in [5.41, 5.74) is 5.46. The van der Waals surface area contributed by atoms with Gasteiger partial charge >= 0.3 is 6.36 Å². The largest absolute Gasteiger partial charge is 0.573 e. The Bertz CT molecular complexity index is 605. The second-order valence-electron chi connectivity index (χ2n) is 3.50. The molecule has 2 rings (SSSR count). The van der Waals surface area contributed by atoms with Crippen LogP contribution in [0.2, 0.25) is 5.02 Å². The number of ether oxygens (including phenoxy) is 2. The van der Waals surface area contributed by atoms with Crippen molar-refractivity contribution in [3.05, 3.63) is 35.6 Å². The van der Waals surface area contributed by atoms with Crippen molar-refractivity contribution < 1.29 is 22.6 Å². The van der Waals surface area contributed by atoms with Crippen LogP contribution < -0.4 is 15.2 Å².